The van der Waals surface area contributed by atoms with Crippen molar-refractivity contribution in [3.8, 4) is 0 Å². The molecule has 0 fully saturated rings. The maximum atomic E-state index is 5.66. The van der Waals surface area contributed by atoms with E-state index >= 15 is 0 Å². The third-order valence-corrected chi connectivity index (χ3v) is 3.49. The number of hydrogen-bond donors (Lipinski definition) is 1. The molecule has 0 bridgehead atoms. The summed E-state index contributed by atoms with van der Waals surface area (Å²) in [5, 5.41) is 3.35. The molecule has 0 atom stereocenters. The minimum atomic E-state index is 0.813. The first-order valence-corrected chi connectivity index (χ1v) is 7.32. The second kappa shape index (κ2) is 7.15. The highest BCUT2D eigenvalue weighted by Gasteiger charge is 2.11. The van der Waals surface area contributed by atoms with Crippen molar-refractivity contribution in [2.75, 3.05) is 18.0 Å². The normalized spacial score (nSPS) is 10.8. The quantitative estimate of drug-likeness (QED) is 0.832. The minimum absolute atomic E-state index is 0.813. The van der Waals surface area contributed by atoms with E-state index in [0.717, 1.165) is 31.9 Å². The Kier molecular flexibility index (Phi) is 5.24. The molecule has 1 heterocycles. The number of hydrogen-bond acceptors (Lipinski definition) is 3. The van der Waals surface area contributed by atoms with Crippen molar-refractivity contribution in [3.05, 3.63) is 53.5 Å². The lowest BCUT2D eigenvalue weighted by atomic mass is 10.2. The van der Waals surface area contributed by atoms with E-state index in [1.807, 2.05) is 0 Å². The zero-order valence-corrected chi connectivity index (χ0v) is 12.6. The fourth-order valence-corrected chi connectivity index (χ4v) is 2.31. The predicted molar refractivity (Wildman–Crippen MR) is 84.0 cm³/mol. The molecule has 0 unspecified atom stereocenters. The molecule has 2 aromatic rings. The van der Waals surface area contributed by atoms with Crippen molar-refractivity contribution in [1.29, 1.82) is 0 Å². The Labute approximate surface area is 121 Å². The summed E-state index contributed by atoms with van der Waals surface area (Å²) >= 11 is 0. The van der Waals surface area contributed by atoms with Gasteiger partial charge in [-0.1, -0.05) is 19.1 Å². The van der Waals surface area contributed by atoms with Crippen LogP contribution in [-0.4, -0.2) is 13.1 Å². The smallest absolute Gasteiger partial charge is 0.127 e. The monoisotopic (exact) mass is 272 g/mol. The molecule has 1 aromatic carbocycles. The fourth-order valence-electron chi connectivity index (χ4n) is 2.31. The second-order valence-corrected chi connectivity index (χ2v) is 5.00. The maximum Gasteiger partial charge on any atom is 0.127 e. The Morgan fingerprint density at radius 3 is 2.75 bits per heavy atom. The zero-order valence-electron chi connectivity index (χ0n) is 12.6. The number of anilines is 1. The van der Waals surface area contributed by atoms with Gasteiger partial charge < -0.3 is 14.6 Å². The van der Waals surface area contributed by atoms with Crippen molar-refractivity contribution in [1.82, 2.24) is 5.32 Å². The van der Waals surface area contributed by atoms with Crippen LogP contribution in [0, 0.1) is 6.92 Å². The van der Waals surface area contributed by atoms with E-state index in [0.29, 0.717) is 0 Å². The molecule has 0 aliphatic heterocycles. The molecule has 0 spiro atoms. The van der Waals surface area contributed by atoms with Crippen LogP contribution in [0.15, 0.2) is 41.0 Å². The summed E-state index contributed by atoms with van der Waals surface area (Å²) < 4.78 is 5.66. The molecule has 0 aliphatic rings. The van der Waals surface area contributed by atoms with Gasteiger partial charge in [0.2, 0.25) is 0 Å². The van der Waals surface area contributed by atoms with Crippen LogP contribution < -0.4 is 10.2 Å². The average molecular weight is 272 g/mol. The summed E-state index contributed by atoms with van der Waals surface area (Å²) in [6, 6.07) is 10.7. The maximum absolute atomic E-state index is 5.66. The fraction of sp³-hybridized carbons (Fsp3) is 0.412. The second-order valence-electron chi connectivity index (χ2n) is 5.00. The van der Waals surface area contributed by atoms with Gasteiger partial charge in [0.05, 0.1) is 12.8 Å². The van der Waals surface area contributed by atoms with E-state index in [4.69, 9.17) is 4.42 Å². The van der Waals surface area contributed by atoms with Gasteiger partial charge in [0.15, 0.2) is 0 Å². The summed E-state index contributed by atoms with van der Waals surface area (Å²) in [7, 11) is 0. The van der Waals surface area contributed by atoms with Crippen molar-refractivity contribution in [2.24, 2.45) is 0 Å². The first kappa shape index (κ1) is 14.7. The van der Waals surface area contributed by atoms with Crippen LogP contribution in [0.1, 0.15) is 30.7 Å². The van der Waals surface area contributed by atoms with Crippen LogP contribution in [0.2, 0.25) is 0 Å². The topological polar surface area (TPSA) is 28.4 Å². The van der Waals surface area contributed by atoms with E-state index in [9.17, 15) is 0 Å². The van der Waals surface area contributed by atoms with E-state index in [1.54, 1.807) is 6.26 Å². The van der Waals surface area contributed by atoms with Crippen molar-refractivity contribution in [3.63, 3.8) is 0 Å². The van der Waals surface area contributed by atoms with Gasteiger partial charge in [-0.2, -0.15) is 0 Å². The standard InChI is InChI=1S/C17H24N2O/c1-4-18-12-15-9-10-20-17(15)13-19(5-2)16-8-6-7-14(3)11-16/h6-11,18H,4-5,12-13H2,1-3H3. The predicted octanol–water partition coefficient (Wildman–Crippen LogP) is 3.72. The van der Waals surface area contributed by atoms with Gasteiger partial charge in [0.1, 0.15) is 5.76 Å². The largest absolute Gasteiger partial charge is 0.467 e. The molecular weight excluding hydrogens is 248 g/mol. The highest BCUT2D eigenvalue weighted by Crippen LogP contribution is 2.20. The SMILES string of the molecule is CCNCc1ccoc1CN(CC)c1cccc(C)c1. The van der Waals surface area contributed by atoms with Gasteiger partial charge in [-0.15, -0.1) is 0 Å². The third kappa shape index (κ3) is 3.64. The van der Waals surface area contributed by atoms with Gasteiger partial charge in [-0.05, 0) is 44.2 Å². The number of furan rings is 1. The van der Waals surface area contributed by atoms with Crippen LogP contribution in [0.4, 0.5) is 5.69 Å². The van der Waals surface area contributed by atoms with Gasteiger partial charge in [-0.25, -0.2) is 0 Å². The highest BCUT2D eigenvalue weighted by molar-refractivity contribution is 5.48. The van der Waals surface area contributed by atoms with E-state index in [1.165, 1.54) is 16.8 Å². The van der Waals surface area contributed by atoms with Crippen LogP contribution in [0.5, 0.6) is 0 Å². The van der Waals surface area contributed by atoms with Crippen LogP contribution in [0.25, 0.3) is 0 Å². The molecule has 20 heavy (non-hydrogen) atoms. The summed E-state index contributed by atoms with van der Waals surface area (Å²) in [5.41, 5.74) is 3.78. The molecule has 3 nitrogen and oxygen atoms in total. The van der Waals surface area contributed by atoms with Gasteiger partial charge >= 0.3 is 0 Å². The molecule has 0 saturated heterocycles. The van der Waals surface area contributed by atoms with Crippen molar-refractivity contribution < 1.29 is 4.42 Å². The number of benzene rings is 1. The molecular formula is C17H24N2O. The van der Waals surface area contributed by atoms with Crippen LogP contribution >= 0.6 is 0 Å². The molecule has 1 aromatic heterocycles. The molecule has 0 saturated carbocycles. The number of rotatable bonds is 7. The molecule has 0 amide bonds. The molecule has 0 radical (unpaired) electrons. The Hall–Kier alpha value is -1.74. The molecule has 2 rings (SSSR count). The van der Waals surface area contributed by atoms with Gasteiger partial charge in [0, 0.05) is 24.3 Å². The first-order valence-electron chi connectivity index (χ1n) is 7.32. The zero-order chi connectivity index (χ0) is 14.4. The number of nitrogens with one attached hydrogen (secondary N) is 1. The Morgan fingerprint density at radius 1 is 1.20 bits per heavy atom. The van der Waals surface area contributed by atoms with Gasteiger partial charge in [0.25, 0.3) is 0 Å². The van der Waals surface area contributed by atoms with E-state index in [2.05, 4.69) is 61.3 Å². The van der Waals surface area contributed by atoms with Crippen LogP contribution in [-0.2, 0) is 13.1 Å². The summed E-state index contributed by atoms with van der Waals surface area (Å²) in [6.07, 6.45) is 1.78. The summed E-state index contributed by atoms with van der Waals surface area (Å²) in [4.78, 5) is 2.33. The Bertz CT molecular complexity index is 533. The average Bonchev–Trinajstić information content (AvgIpc) is 2.89. The summed E-state index contributed by atoms with van der Waals surface area (Å²) in [6.45, 7) is 10.0. The number of nitrogens with zero attached hydrogens (tertiary/aromatic N) is 1. The first-order chi connectivity index (χ1) is 9.74. The van der Waals surface area contributed by atoms with Crippen molar-refractivity contribution >= 4 is 5.69 Å². The lowest BCUT2D eigenvalue weighted by Gasteiger charge is -2.23. The molecule has 1 N–H and O–H groups in total. The Balaban J connectivity index is 2.12. The molecule has 3 heteroatoms. The van der Waals surface area contributed by atoms with Crippen molar-refractivity contribution in [2.45, 2.75) is 33.9 Å². The summed E-state index contributed by atoms with van der Waals surface area (Å²) in [5.74, 6) is 1.05. The minimum Gasteiger partial charge on any atom is -0.467 e. The van der Waals surface area contributed by atoms with E-state index < -0.39 is 0 Å². The lowest BCUT2D eigenvalue weighted by molar-refractivity contribution is 0.496. The highest BCUT2D eigenvalue weighted by atomic mass is 16.3. The molecule has 108 valence electrons. The lowest BCUT2D eigenvalue weighted by Crippen LogP contribution is -2.23. The Morgan fingerprint density at radius 2 is 2.05 bits per heavy atom. The third-order valence-electron chi connectivity index (χ3n) is 3.49. The van der Waals surface area contributed by atoms with Gasteiger partial charge in [-0.3, -0.25) is 0 Å². The molecule has 0 aliphatic carbocycles. The van der Waals surface area contributed by atoms with E-state index in [-0.39, 0.29) is 0 Å². The number of aryl methyl sites for hydroxylation is 1. The van der Waals surface area contributed by atoms with Crippen LogP contribution in [0.3, 0.4) is 0 Å².